The molecule has 0 aliphatic carbocycles. The first-order valence-electron chi connectivity index (χ1n) is 10.1. The number of amides is 1. The highest BCUT2D eigenvalue weighted by Gasteiger charge is 2.34. The Balaban J connectivity index is 1.47. The van der Waals surface area contributed by atoms with Crippen LogP contribution in [0.2, 0.25) is 0 Å². The second-order valence-corrected chi connectivity index (χ2v) is 8.16. The lowest BCUT2D eigenvalue weighted by Gasteiger charge is -2.14. The lowest BCUT2D eigenvalue weighted by atomic mass is 9.98. The highest BCUT2D eigenvalue weighted by Crippen LogP contribution is 2.26. The van der Waals surface area contributed by atoms with E-state index in [0.717, 1.165) is 16.9 Å². The molecule has 0 bridgehead atoms. The summed E-state index contributed by atoms with van der Waals surface area (Å²) >= 11 is 0. The number of nitrogens with two attached hydrogens (primary N) is 1. The van der Waals surface area contributed by atoms with E-state index in [0.29, 0.717) is 36.6 Å². The number of aryl methyl sites for hydroxylation is 1. The second-order valence-electron chi connectivity index (χ2n) is 8.16. The van der Waals surface area contributed by atoms with Gasteiger partial charge < -0.3 is 10.6 Å². The van der Waals surface area contributed by atoms with E-state index in [1.165, 1.54) is 6.20 Å². The lowest BCUT2D eigenvalue weighted by Crippen LogP contribution is -2.30. The normalized spacial score (nSPS) is 16.4. The highest BCUT2D eigenvalue weighted by molar-refractivity contribution is 6.02. The minimum absolute atomic E-state index is 0.0777. The highest BCUT2D eigenvalue weighted by atomic mass is 16.2. The zero-order valence-electron chi connectivity index (χ0n) is 17.4. The number of carbonyl (C=O) groups is 2. The van der Waals surface area contributed by atoms with Gasteiger partial charge >= 0.3 is 0 Å². The summed E-state index contributed by atoms with van der Waals surface area (Å²) in [6, 6.07) is 9.55. The summed E-state index contributed by atoms with van der Waals surface area (Å²) < 4.78 is 1.57. The summed E-state index contributed by atoms with van der Waals surface area (Å²) in [4.78, 5) is 27.5. The van der Waals surface area contributed by atoms with Gasteiger partial charge in [-0.1, -0.05) is 31.5 Å². The standard InChI is InChI=1S/C22H26N6O2/c1-13(2)18-10-19(26-25-18)22(30)27-9-8-15(12-27)20(29)17-11-24-28(21(17)23)16-6-4-14(3)5-7-16/h4-7,10-11,13,15H,8-9,12,23H2,1-3H3,(H,25,26)/t15-/m0/s1. The van der Waals surface area contributed by atoms with Crippen LogP contribution in [0.15, 0.2) is 36.5 Å². The molecule has 0 radical (unpaired) electrons. The first kappa shape index (κ1) is 19.9. The number of carbonyl (C=O) groups excluding carboxylic acids is 2. The van der Waals surface area contributed by atoms with E-state index in [9.17, 15) is 9.59 Å². The zero-order chi connectivity index (χ0) is 21.4. The monoisotopic (exact) mass is 406 g/mol. The van der Waals surface area contributed by atoms with Gasteiger partial charge in [0.1, 0.15) is 11.5 Å². The number of aromatic amines is 1. The average molecular weight is 406 g/mol. The van der Waals surface area contributed by atoms with Gasteiger partial charge in [0, 0.05) is 24.7 Å². The quantitative estimate of drug-likeness (QED) is 0.633. The van der Waals surface area contributed by atoms with Crippen molar-refractivity contribution >= 4 is 17.5 Å². The van der Waals surface area contributed by atoms with Crippen LogP contribution in [-0.2, 0) is 0 Å². The smallest absolute Gasteiger partial charge is 0.274 e. The van der Waals surface area contributed by atoms with Crippen molar-refractivity contribution in [3.05, 3.63) is 59.0 Å². The number of rotatable bonds is 5. The number of hydrogen-bond acceptors (Lipinski definition) is 5. The number of ketones is 1. The molecule has 2 aromatic heterocycles. The average Bonchev–Trinajstić information content (AvgIpc) is 3.47. The molecule has 0 unspecified atom stereocenters. The van der Waals surface area contributed by atoms with Gasteiger partial charge in [-0.25, -0.2) is 4.68 Å². The van der Waals surface area contributed by atoms with Crippen molar-refractivity contribution in [2.75, 3.05) is 18.8 Å². The molecule has 30 heavy (non-hydrogen) atoms. The molecule has 156 valence electrons. The maximum absolute atomic E-state index is 13.1. The third-order valence-corrected chi connectivity index (χ3v) is 5.64. The molecule has 1 fully saturated rings. The zero-order valence-corrected chi connectivity index (χ0v) is 17.4. The van der Waals surface area contributed by atoms with Crippen LogP contribution in [0.1, 0.15) is 58.3 Å². The van der Waals surface area contributed by atoms with Gasteiger partial charge in [0.2, 0.25) is 0 Å². The van der Waals surface area contributed by atoms with Gasteiger partial charge in [-0.3, -0.25) is 14.7 Å². The van der Waals surface area contributed by atoms with Gasteiger partial charge in [-0.15, -0.1) is 0 Å². The van der Waals surface area contributed by atoms with Crippen LogP contribution in [0.4, 0.5) is 5.82 Å². The summed E-state index contributed by atoms with van der Waals surface area (Å²) in [5, 5.41) is 11.3. The van der Waals surface area contributed by atoms with Crippen LogP contribution < -0.4 is 5.73 Å². The molecule has 3 aromatic rings. The van der Waals surface area contributed by atoms with E-state index in [4.69, 9.17) is 5.73 Å². The maximum atomic E-state index is 13.1. The van der Waals surface area contributed by atoms with Gasteiger partial charge in [-0.05, 0) is 37.5 Å². The summed E-state index contributed by atoms with van der Waals surface area (Å²) in [6.07, 6.45) is 2.12. The molecule has 4 rings (SSSR count). The minimum Gasteiger partial charge on any atom is -0.383 e. The fraction of sp³-hybridized carbons (Fsp3) is 0.364. The number of aromatic nitrogens is 4. The molecular weight excluding hydrogens is 380 g/mol. The van der Waals surface area contributed by atoms with Crippen LogP contribution in [-0.4, -0.2) is 49.7 Å². The number of Topliss-reactive ketones (excluding diaryl/α,β-unsaturated/α-hetero) is 1. The predicted octanol–water partition coefficient (Wildman–Crippen LogP) is 2.95. The number of nitrogen functional groups attached to an aromatic ring is 1. The minimum atomic E-state index is -0.296. The Labute approximate surface area is 175 Å². The topological polar surface area (TPSA) is 110 Å². The number of anilines is 1. The van der Waals surface area contributed by atoms with E-state index in [2.05, 4.69) is 15.3 Å². The van der Waals surface area contributed by atoms with E-state index in [1.807, 2.05) is 45.0 Å². The fourth-order valence-electron chi connectivity index (χ4n) is 3.72. The molecule has 3 N–H and O–H groups in total. The number of likely N-dealkylation sites (tertiary alicyclic amines) is 1. The van der Waals surface area contributed by atoms with Crippen molar-refractivity contribution in [3.8, 4) is 5.69 Å². The SMILES string of the molecule is Cc1ccc(-n2ncc(C(=O)[C@H]3CCN(C(=O)c4cc(C(C)C)[nH]n4)C3)c2N)cc1. The van der Waals surface area contributed by atoms with E-state index in [1.54, 1.807) is 15.6 Å². The Kier molecular flexibility index (Phi) is 5.15. The molecule has 1 aromatic carbocycles. The van der Waals surface area contributed by atoms with Crippen LogP contribution in [0.5, 0.6) is 0 Å². The number of H-pyrrole nitrogens is 1. The largest absolute Gasteiger partial charge is 0.383 e. The van der Waals surface area contributed by atoms with Crippen molar-refractivity contribution < 1.29 is 9.59 Å². The molecule has 1 amide bonds. The maximum Gasteiger partial charge on any atom is 0.274 e. The van der Waals surface area contributed by atoms with Gasteiger partial charge in [-0.2, -0.15) is 10.2 Å². The summed E-state index contributed by atoms with van der Waals surface area (Å²) in [6.45, 7) is 6.95. The van der Waals surface area contributed by atoms with Crippen molar-refractivity contribution in [1.29, 1.82) is 0 Å². The summed E-state index contributed by atoms with van der Waals surface area (Å²) in [5.74, 6) is 0.0563. The molecule has 1 aliphatic rings. The number of benzene rings is 1. The molecule has 3 heterocycles. The van der Waals surface area contributed by atoms with Crippen LogP contribution in [0.3, 0.4) is 0 Å². The molecule has 8 heteroatoms. The van der Waals surface area contributed by atoms with Crippen molar-refractivity contribution in [2.45, 2.75) is 33.1 Å². The van der Waals surface area contributed by atoms with Gasteiger partial charge in [0.15, 0.2) is 5.78 Å². The molecule has 1 atom stereocenters. The predicted molar refractivity (Wildman–Crippen MR) is 114 cm³/mol. The van der Waals surface area contributed by atoms with Gasteiger partial charge in [0.25, 0.3) is 5.91 Å². The Morgan fingerprint density at radius 2 is 1.97 bits per heavy atom. The second kappa shape index (κ2) is 7.78. The Bertz CT molecular complexity index is 1080. The van der Waals surface area contributed by atoms with Crippen molar-refractivity contribution in [1.82, 2.24) is 24.9 Å². The van der Waals surface area contributed by atoms with E-state index >= 15 is 0 Å². The molecule has 0 saturated carbocycles. The van der Waals surface area contributed by atoms with Crippen LogP contribution in [0.25, 0.3) is 5.69 Å². The third kappa shape index (κ3) is 3.60. The van der Waals surface area contributed by atoms with Crippen LogP contribution >= 0.6 is 0 Å². The Hall–Kier alpha value is -3.42. The number of nitrogens with zero attached hydrogens (tertiary/aromatic N) is 4. The molecule has 1 aliphatic heterocycles. The molecule has 1 saturated heterocycles. The first-order valence-corrected chi connectivity index (χ1v) is 10.1. The lowest BCUT2D eigenvalue weighted by molar-refractivity contribution is 0.0775. The van der Waals surface area contributed by atoms with E-state index in [-0.39, 0.29) is 23.5 Å². The van der Waals surface area contributed by atoms with Crippen LogP contribution in [0, 0.1) is 12.8 Å². The molecule has 8 nitrogen and oxygen atoms in total. The molecular formula is C22H26N6O2. The Morgan fingerprint density at radius 3 is 2.63 bits per heavy atom. The Morgan fingerprint density at radius 1 is 1.23 bits per heavy atom. The summed E-state index contributed by atoms with van der Waals surface area (Å²) in [5.41, 5.74) is 9.89. The fourth-order valence-corrected chi connectivity index (χ4v) is 3.72. The molecule has 0 spiro atoms. The van der Waals surface area contributed by atoms with Crippen molar-refractivity contribution in [3.63, 3.8) is 0 Å². The third-order valence-electron chi connectivity index (χ3n) is 5.64. The van der Waals surface area contributed by atoms with E-state index < -0.39 is 0 Å². The number of hydrogen-bond donors (Lipinski definition) is 2. The first-order chi connectivity index (χ1) is 14.3. The number of nitrogens with one attached hydrogen (secondary N) is 1. The van der Waals surface area contributed by atoms with Gasteiger partial charge in [0.05, 0.1) is 17.4 Å². The van der Waals surface area contributed by atoms with Crippen molar-refractivity contribution in [2.24, 2.45) is 5.92 Å². The summed E-state index contributed by atoms with van der Waals surface area (Å²) in [7, 11) is 0.